The van der Waals surface area contributed by atoms with Crippen LogP contribution in [0.3, 0.4) is 0 Å². The molecule has 0 radical (unpaired) electrons. The number of alkyl carbamates (subject to hydrolysis) is 1. The van der Waals surface area contributed by atoms with Gasteiger partial charge in [0.15, 0.2) is 5.78 Å². The Balaban J connectivity index is 1.02. The van der Waals surface area contributed by atoms with Crippen molar-refractivity contribution in [2.45, 2.75) is 145 Å². The Bertz CT molecular complexity index is 3190. The van der Waals surface area contributed by atoms with Crippen molar-refractivity contribution in [3.05, 3.63) is 48.3 Å². The molecule has 2 aromatic rings. The van der Waals surface area contributed by atoms with Crippen molar-refractivity contribution in [3.8, 4) is 17.6 Å². The predicted octanol–water partition coefficient (Wildman–Crippen LogP) is -0.915. The molecule has 0 spiro atoms. The number of aliphatic hydroxyl groups is 2. The first-order valence-electron chi connectivity index (χ1n) is 32.1. The highest BCUT2D eigenvalue weighted by Crippen LogP contribution is 2.52. The summed E-state index contributed by atoms with van der Waals surface area (Å²) in [6, 6.07) is -3.55. The zero-order valence-electron chi connectivity index (χ0n) is 53.4. The zero-order valence-corrected chi connectivity index (χ0v) is 54.3. The van der Waals surface area contributed by atoms with E-state index in [9.17, 15) is 62.7 Å². The van der Waals surface area contributed by atoms with Crippen molar-refractivity contribution in [2.75, 3.05) is 71.6 Å². The van der Waals surface area contributed by atoms with Gasteiger partial charge in [-0.05, 0) is 73.5 Å². The van der Waals surface area contributed by atoms with Crippen molar-refractivity contribution < 1.29 is 86.4 Å². The molecule has 3 heterocycles. The monoisotopic (exact) mass is 1330 g/mol. The highest BCUT2D eigenvalue weighted by atomic mass is 32.2. The Labute approximate surface area is 547 Å². The number of rotatable bonds is 23. The number of nitrogens with two attached hydrogens (primary N) is 1. The van der Waals surface area contributed by atoms with E-state index in [1.54, 1.807) is 0 Å². The maximum atomic E-state index is 15.1. The first-order chi connectivity index (χ1) is 44.9. The molecule has 7 rings (SSSR count). The molecule has 2 fully saturated rings. The summed E-state index contributed by atoms with van der Waals surface area (Å²) in [6.45, 7) is 12.6. The molecule has 1 aromatic heterocycles. The SMILES string of the molecule is C=C(N)CC1NC(=O)C2CS(=O)c3[nH]c4cc(O)ccc4c3CC(NC(=O)C(C(C)C(O)COC(=O)CCCC(=O)NCCOCCOCCNC(=O)OCC3C4CCC#CCCC43)NC(=O)C3CC(O)CC3C1=O)C(=O)NCC(=O)NC(C(C)CC)C(=C)NCC(=O)N2. The van der Waals surface area contributed by atoms with Crippen LogP contribution < -0.4 is 53.6 Å². The minimum absolute atomic E-state index is 0.0435. The molecule has 15 N–H and O–H groups in total. The lowest BCUT2D eigenvalue weighted by molar-refractivity contribution is -0.149. The van der Waals surface area contributed by atoms with E-state index in [1.165, 1.54) is 25.1 Å². The number of amides is 8. The second-order valence-electron chi connectivity index (χ2n) is 24.7. The zero-order chi connectivity index (χ0) is 68.2. The number of ketones is 1. The lowest BCUT2D eigenvalue weighted by Crippen LogP contribution is -2.60. The predicted molar refractivity (Wildman–Crippen MR) is 340 cm³/mol. The third-order valence-corrected chi connectivity index (χ3v) is 19.3. The van der Waals surface area contributed by atoms with Crippen LogP contribution in [0.25, 0.3) is 10.9 Å². The van der Waals surface area contributed by atoms with E-state index in [1.807, 2.05) is 13.8 Å². The van der Waals surface area contributed by atoms with Crippen molar-refractivity contribution in [3.63, 3.8) is 0 Å². The third-order valence-electron chi connectivity index (χ3n) is 17.9. The molecule has 94 heavy (non-hydrogen) atoms. The quantitative estimate of drug-likeness (QED) is 0.0364. The van der Waals surface area contributed by atoms with Crippen LogP contribution in [0.15, 0.2) is 47.8 Å². The largest absolute Gasteiger partial charge is 0.508 e. The number of carbonyl (C=O) groups excluding carboxylic acids is 10. The van der Waals surface area contributed by atoms with Crippen molar-refractivity contribution >= 4 is 80.9 Å². The number of esters is 1. The van der Waals surface area contributed by atoms with Crippen LogP contribution in [0, 0.1) is 53.3 Å². The average molecular weight is 1330 g/mol. The average Bonchev–Trinajstić information content (AvgIpc) is 1.63. The van der Waals surface area contributed by atoms with Crippen molar-refractivity contribution in [2.24, 2.45) is 47.2 Å². The number of aromatic amines is 1. The molecule has 2 bridgehead atoms. The van der Waals surface area contributed by atoms with Crippen molar-refractivity contribution in [1.82, 2.24) is 52.8 Å². The number of aromatic hydroxyl groups is 1. The van der Waals surface area contributed by atoms with Crippen LogP contribution in [0.2, 0.25) is 0 Å². The number of hydrogen-bond acceptors (Lipinski definition) is 20. The van der Waals surface area contributed by atoms with Gasteiger partial charge in [0, 0.05) is 86.3 Å². The van der Waals surface area contributed by atoms with Crippen LogP contribution in [-0.2, 0) is 79.3 Å². The Morgan fingerprint density at radius 1 is 0.798 bits per heavy atom. The number of benzene rings is 1. The van der Waals surface area contributed by atoms with Crippen LogP contribution in [0.4, 0.5) is 4.79 Å². The number of carbonyl (C=O) groups is 10. The number of fused-ring (bicyclic) bond motifs is 6. The van der Waals surface area contributed by atoms with Gasteiger partial charge in [-0.25, -0.2) is 4.79 Å². The van der Waals surface area contributed by atoms with Crippen molar-refractivity contribution in [1.29, 1.82) is 0 Å². The van der Waals surface area contributed by atoms with Crippen LogP contribution in [0.5, 0.6) is 5.75 Å². The molecule has 1 aromatic carbocycles. The minimum atomic E-state index is -2.34. The maximum absolute atomic E-state index is 15.1. The van der Waals surface area contributed by atoms with Gasteiger partial charge in [0.05, 0.1) is 98.4 Å². The molecule has 516 valence electrons. The molecule has 2 aliphatic heterocycles. The number of H-pyrrole nitrogens is 1. The van der Waals surface area contributed by atoms with E-state index in [4.69, 9.17) is 24.7 Å². The van der Waals surface area contributed by atoms with Gasteiger partial charge in [0.1, 0.15) is 35.5 Å². The maximum Gasteiger partial charge on any atom is 0.407 e. The third kappa shape index (κ3) is 21.2. The summed E-state index contributed by atoms with van der Waals surface area (Å²) < 4.78 is 36.8. The second kappa shape index (κ2) is 35.4. The summed E-state index contributed by atoms with van der Waals surface area (Å²) in [5, 5.41) is 57.5. The van der Waals surface area contributed by atoms with Gasteiger partial charge in [-0.15, -0.1) is 11.8 Å². The molecule has 8 amide bonds. The second-order valence-corrected chi connectivity index (χ2v) is 26.2. The lowest BCUT2D eigenvalue weighted by Gasteiger charge is -2.32. The molecule has 29 nitrogen and oxygen atoms in total. The normalized spacial score (nSPS) is 27.3. The number of nitrogens with one attached hydrogen (secondary N) is 10. The first-order valence-corrected chi connectivity index (χ1v) is 33.4. The fourth-order valence-electron chi connectivity index (χ4n) is 12.3. The van der Waals surface area contributed by atoms with Gasteiger partial charge >= 0.3 is 12.1 Å². The number of aromatic nitrogens is 1. The summed E-state index contributed by atoms with van der Waals surface area (Å²) in [5.41, 5.74) is 6.45. The molecule has 0 saturated heterocycles. The van der Waals surface area contributed by atoms with Gasteiger partial charge in [-0.2, -0.15) is 0 Å². The minimum Gasteiger partial charge on any atom is -0.508 e. The Morgan fingerprint density at radius 3 is 2.16 bits per heavy atom. The molecule has 14 unspecified atom stereocenters. The lowest BCUT2D eigenvalue weighted by atomic mass is 9.85. The van der Waals surface area contributed by atoms with Gasteiger partial charge in [-0.3, -0.25) is 47.4 Å². The van der Waals surface area contributed by atoms with Gasteiger partial charge in [0.2, 0.25) is 41.4 Å². The molecule has 2 saturated carbocycles. The van der Waals surface area contributed by atoms with Gasteiger partial charge < -0.3 is 92.8 Å². The number of ether oxygens (including phenoxy) is 4. The fraction of sp³-hybridized carbons (Fsp3) is 0.625. The van der Waals surface area contributed by atoms with E-state index < -0.39 is 163 Å². The summed E-state index contributed by atoms with van der Waals surface area (Å²) in [7, 11) is -2.34. The summed E-state index contributed by atoms with van der Waals surface area (Å²) >= 11 is 0. The van der Waals surface area contributed by atoms with Crippen LogP contribution in [-0.4, -0.2) is 198 Å². The fourth-order valence-corrected chi connectivity index (χ4v) is 13.7. The van der Waals surface area contributed by atoms with Gasteiger partial charge in [0.25, 0.3) is 0 Å². The molecule has 3 aliphatic carbocycles. The Hall–Kier alpha value is -8.11. The highest BCUT2D eigenvalue weighted by molar-refractivity contribution is 7.85. The Morgan fingerprint density at radius 2 is 1.47 bits per heavy atom. The number of phenolic OH excluding ortho intramolecular Hbond substituents is 1. The molecular weight excluding hydrogens is 1240 g/mol. The number of hydrogen-bond donors (Lipinski definition) is 14. The molecular formula is C64H91N11O18S. The highest BCUT2D eigenvalue weighted by Gasteiger charge is 2.50. The van der Waals surface area contributed by atoms with Crippen LogP contribution in [0.1, 0.15) is 97.0 Å². The summed E-state index contributed by atoms with van der Waals surface area (Å²) in [5.74, 6) is -5.00. The number of phenols is 1. The molecule has 30 heteroatoms. The first kappa shape index (κ1) is 73.3. The Kier molecular flexibility index (Phi) is 27.6. The number of Topliss-reactive ketones (excluding diaryl/α,β-unsaturated/α-hetero) is 1. The summed E-state index contributed by atoms with van der Waals surface area (Å²) in [6.07, 6.45) is -0.928. The van der Waals surface area contributed by atoms with E-state index in [2.05, 4.69) is 77.8 Å². The molecule has 14 atom stereocenters. The van der Waals surface area contributed by atoms with E-state index in [0.717, 1.165) is 25.7 Å². The smallest absolute Gasteiger partial charge is 0.407 e. The summed E-state index contributed by atoms with van der Waals surface area (Å²) in [4.78, 5) is 142. The topological polar surface area (TPSA) is 435 Å². The van der Waals surface area contributed by atoms with Crippen LogP contribution >= 0.6 is 0 Å². The standard InChI is InChI=1S/C64H91N11O18S/c1-6-34(2)56-37(5)68-29-53(80)70-50-33-94(89)63-45(42-17-16-38(76)27-47(42)73-63)28-49(60(85)69-30-54(81)74-56)72-62(87)57(75-59(84)44-26-39(77)25-43(44)58(83)48(24-35(3)65)71-61(50)86)36(4)51(78)32-92-55(82)15-11-14-52(79)66-18-20-90-22-23-91-21-19-67-64(88)93-31-46-40-12-9-7-8-10-13-41(40)46/h16-17,27,34,36,39-41,43-44,46,48-51,56-57,68,73,76-78H,3,5-6,9-15,18-26,28-33,65H2,1-2,4H3,(H,66,79)(H,67,88)(H,69,85)(H,70,80)(H,71,86)(H,72,87)(H,74,81)(H,75,84). The van der Waals surface area contributed by atoms with E-state index in [0.29, 0.717) is 30.8 Å². The van der Waals surface area contributed by atoms with Gasteiger partial charge in [-0.1, -0.05) is 40.3 Å². The van der Waals surface area contributed by atoms with E-state index in [-0.39, 0.29) is 122 Å². The molecule has 5 aliphatic rings. The number of aliphatic hydroxyl groups excluding tert-OH is 2. The van der Waals surface area contributed by atoms with E-state index >= 15 is 4.79 Å².